The monoisotopic (exact) mass is 449 g/mol. The summed E-state index contributed by atoms with van der Waals surface area (Å²) in [5.41, 5.74) is 3.74. The lowest BCUT2D eigenvalue weighted by atomic mass is 10.1. The highest BCUT2D eigenvalue weighted by atomic mass is 16.6. The van der Waals surface area contributed by atoms with Crippen LogP contribution in [0.4, 0.5) is 11.4 Å². The molecule has 2 aromatic carbocycles. The first-order valence-corrected chi connectivity index (χ1v) is 10.6. The first-order valence-electron chi connectivity index (χ1n) is 10.6. The fourth-order valence-electron chi connectivity index (χ4n) is 3.67. The predicted octanol–water partition coefficient (Wildman–Crippen LogP) is 4.08. The standard InChI is InChI=1S/C24H27N5O4/c1-5-27(18(4)30)15-21-8-6-7-9-22(21)25-24(31)20-12-10-19(11-13-20)14-28-17(3)23(29(32)33)16(2)26-28/h6-13H,5,14-15H2,1-4H3,(H,25,31). The zero-order valence-corrected chi connectivity index (χ0v) is 19.2. The van der Waals surface area contributed by atoms with Crippen LogP contribution in [0.15, 0.2) is 48.5 Å². The second-order valence-electron chi connectivity index (χ2n) is 7.78. The molecule has 3 rings (SSSR count). The number of amides is 2. The maximum Gasteiger partial charge on any atom is 0.312 e. The summed E-state index contributed by atoms with van der Waals surface area (Å²) in [5, 5.41) is 18.4. The van der Waals surface area contributed by atoms with Gasteiger partial charge in [0.2, 0.25) is 5.91 Å². The number of rotatable bonds is 8. The van der Waals surface area contributed by atoms with Gasteiger partial charge in [0.1, 0.15) is 11.4 Å². The summed E-state index contributed by atoms with van der Waals surface area (Å²) >= 11 is 0. The van der Waals surface area contributed by atoms with Gasteiger partial charge in [-0.3, -0.25) is 24.4 Å². The van der Waals surface area contributed by atoms with E-state index in [1.54, 1.807) is 47.7 Å². The molecular weight excluding hydrogens is 422 g/mol. The summed E-state index contributed by atoms with van der Waals surface area (Å²) in [6.45, 7) is 8.08. The van der Waals surface area contributed by atoms with Gasteiger partial charge in [-0.05, 0) is 50.1 Å². The van der Waals surface area contributed by atoms with E-state index >= 15 is 0 Å². The van der Waals surface area contributed by atoms with Crippen LogP contribution in [0.3, 0.4) is 0 Å². The van der Waals surface area contributed by atoms with E-state index in [0.29, 0.717) is 42.3 Å². The Morgan fingerprint density at radius 1 is 1.12 bits per heavy atom. The minimum absolute atomic E-state index is 0.0241. The molecule has 9 nitrogen and oxygen atoms in total. The average Bonchev–Trinajstić information content (AvgIpc) is 3.06. The van der Waals surface area contributed by atoms with Gasteiger partial charge in [0, 0.05) is 31.3 Å². The lowest BCUT2D eigenvalue weighted by Crippen LogP contribution is -2.28. The Labute approximate surface area is 192 Å². The van der Waals surface area contributed by atoms with E-state index in [-0.39, 0.29) is 17.5 Å². The third-order valence-electron chi connectivity index (χ3n) is 5.53. The molecule has 1 N–H and O–H groups in total. The summed E-state index contributed by atoms with van der Waals surface area (Å²) < 4.78 is 1.59. The molecule has 0 saturated heterocycles. The first kappa shape index (κ1) is 23.6. The van der Waals surface area contributed by atoms with Crippen molar-refractivity contribution in [2.24, 2.45) is 0 Å². The Bertz CT molecular complexity index is 1180. The molecule has 0 unspecified atom stereocenters. The molecule has 33 heavy (non-hydrogen) atoms. The molecule has 172 valence electrons. The van der Waals surface area contributed by atoms with Gasteiger partial charge in [-0.15, -0.1) is 0 Å². The quantitative estimate of drug-likeness (QED) is 0.412. The van der Waals surface area contributed by atoms with Gasteiger partial charge in [0.15, 0.2) is 0 Å². The molecule has 1 aromatic heterocycles. The third kappa shape index (κ3) is 5.43. The zero-order chi connectivity index (χ0) is 24.1. The lowest BCUT2D eigenvalue weighted by Gasteiger charge is -2.21. The molecule has 0 aliphatic carbocycles. The summed E-state index contributed by atoms with van der Waals surface area (Å²) in [7, 11) is 0. The molecular formula is C24H27N5O4. The number of hydrogen-bond acceptors (Lipinski definition) is 5. The van der Waals surface area contributed by atoms with E-state index in [4.69, 9.17) is 0 Å². The van der Waals surface area contributed by atoms with Crippen LogP contribution in [0.5, 0.6) is 0 Å². The predicted molar refractivity (Wildman–Crippen MR) is 125 cm³/mol. The van der Waals surface area contributed by atoms with Crippen LogP contribution in [0.2, 0.25) is 0 Å². The van der Waals surface area contributed by atoms with Gasteiger partial charge in [-0.25, -0.2) is 0 Å². The number of aromatic nitrogens is 2. The second-order valence-corrected chi connectivity index (χ2v) is 7.78. The van der Waals surface area contributed by atoms with Crippen LogP contribution in [-0.4, -0.2) is 38.0 Å². The van der Waals surface area contributed by atoms with Crippen molar-refractivity contribution in [3.63, 3.8) is 0 Å². The second kappa shape index (κ2) is 10.1. The number of benzene rings is 2. The maximum absolute atomic E-state index is 12.8. The van der Waals surface area contributed by atoms with E-state index in [9.17, 15) is 19.7 Å². The van der Waals surface area contributed by atoms with E-state index in [1.165, 1.54) is 6.92 Å². The third-order valence-corrected chi connectivity index (χ3v) is 5.53. The van der Waals surface area contributed by atoms with Gasteiger partial charge < -0.3 is 10.2 Å². The Morgan fingerprint density at radius 3 is 2.36 bits per heavy atom. The number of nitro groups is 1. The highest BCUT2D eigenvalue weighted by Gasteiger charge is 2.21. The summed E-state index contributed by atoms with van der Waals surface area (Å²) in [5.74, 6) is -0.288. The SMILES string of the molecule is CCN(Cc1ccccc1NC(=O)c1ccc(Cn2nc(C)c([N+](=O)[O-])c2C)cc1)C(C)=O. The molecule has 0 saturated carbocycles. The molecule has 0 atom stereocenters. The van der Waals surface area contributed by atoms with Crippen LogP contribution in [0.25, 0.3) is 0 Å². The summed E-state index contributed by atoms with van der Waals surface area (Å²) in [6.07, 6.45) is 0. The van der Waals surface area contributed by atoms with Crippen molar-refractivity contribution < 1.29 is 14.5 Å². The Morgan fingerprint density at radius 2 is 1.79 bits per heavy atom. The highest BCUT2D eigenvalue weighted by Crippen LogP contribution is 2.23. The van der Waals surface area contributed by atoms with E-state index < -0.39 is 4.92 Å². The molecule has 0 aliphatic rings. The van der Waals surface area contributed by atoms with Gasteiger partial charge in [0.05, 0.1) is 11.5 Å². The van der Waals surface area contributed by atoms with Crippen molar-refractivity contribution in [2.45, 2.75) is 40.8 Å². The number of anilines is 1. The van der Waals surface area contributed by atoms with Gasteiger partial charge in [-0.2, -0.15) is 5.10 Å². The fourth-order valence-corrected chi connectivity index (χ4v) is 3.67. The minimum Gasteiger partial charge on any atom is -0.339 e. The Balaban J connectivity index is 1.73. The molecule has 2 amide bonds. The van der Waals surface area contributed by atoms with Crippen LogP contribution in [0.1, 0.15) is 46.7 Å². The van der Waals surface area contributed by atoms with Crippen LogP contribution in [-0.2, 0) is 17.9 Å². The van der Waals surface area contributed by atoms with Crippen molar-refractivity contribution >= 4 is 23.2 Å². The van der Waals surface area contributed by atoms with Crippen LogP contribution >= 0.6 is 0 Å². The normalized spacial score (nSPS) is 10.7. The number of nitrogens with zero attached hydrogens (tertiary/aromatic N) is 4. The molecule has 0 radical (unpaired) electrons. The number of hydrogen-bond donors (Lipinski definition) is 1. The number of nitrogens with one attached hydrogen (secondary N) is 1. The van der Waals surface area contributed by atoms with Crippen molar-refractivity contribution in [3.8, 4) is 0 Å². The van der Waals surface area contributed by atoms with Crippen molar-refractivity contribution in [1.82, 2.24) is 14.7 Å². The number of para-hydroxylation sites is 1. The van der Waals surface area contributed by atoms with Gasteiger partial charge in [-0.1, -0.05) is 30.3 Å². The Hall–Kier alpha value is -4.01. The molecule has 0 bridgehead atoms. The van der Waals surface area contributed by atoms with Crippen molar-refractivity contribution in [1.29, 1.82) is 0 Å². The summed E-state index contributed by atoms with van der Waals surface area (Å²) in [4.78, 5) is 37.1. The van der Waals surface area contributed by atoms with E-state index in [0.717, 1.165) is 11.1 Å². The first-order chi connectivity index (χ1) is 15.7. The molecule has 0 aliphatic heterocycles. The maximum atomic E-state index is 12.8. The number of carbonyl (C=O) groups excluding carboxylic acids is 2. The zero-order valence-electron chi connectivity index (χ0n) is 19.2. The van der Waals surface area contributed by atoms with Gasteiger partial charge in [0.25, 0.3) is 5.91 Å². The largest absolute Gasteiger partial charge is 0.339 e. The minimum atomic E-state index is -0.421. The van der Waals surface area contributed by atoms with E-state index in [2.05, 4.69) is 10.4 Å². The topological polar surface area (TPSA) is 110 Å². The van der Waals surface area contributed by atoms with Crippen LogP contribution < -0.4 is 5.32 Å². The molecule has 3 aromatic rings. The average molecular weight is 450 g/mol. The molecule has 0 spiro atoms. The van der Waals surface area contributed by atoms with E-state index in [1.807, 2.05) is 31.2 Å². The van der Waals surface area contributed by atoms with Crippen LogP contribution in [0, 0.1) is 24.0 Å². The van der Waals surface area contributed by atoms with Crippen molar-refractivity contribution in [2.75, 3.05) is 11.9 Å². The Kier molecular flexibility index (Phi) is 7.22. The number of carbonyl (C=O) groups is 2. The van der Waals surface area contributed by atoms with Crippen molar-refractivity contribution in [3.05, 3.63) is 86.7 Å². The molecule has 0 fully saturated rings. The molecule has 1 heterocycles. The summed E-state index contributed by atoms with van der Waals surface area (Å²) in [6, 6.07) is 14.4. The lowest BCUT2D eigenvalue weighted by molar-refractivity contribution is -0.386. The smallest absolute Gasteiger partial charge is 0.312 e. The highest BCUT2D eigenvalue weighted by molar-refractivity contribution is 6.04. The van der Waals surface area contributed by atoms with Gasteiger partial charge >= 0.3 is 5.69 Å². The number of aryl methyl sites for hydroxylation is 1. The molecule has 9 heteroatoms. The fraction of sp³-hybridized carbons (Fsp3) is 0.292.